The highest BCUT2D eigenvalue weighted by Gasteiger charge is 2.40. The Balaban J connectivity index is 2.07. The minimum absolute atomic E-state index is 0.157. The van der Waals surface area contributed by atoms with Crippen molar-refractivity contribution < 1.29 is 19.4 Å². The standard InChI is InChI=1S/C10H15NO4/c12-9(13)7-3-1-4-8(7)11-5-2-6-15-10(11)14/h7-8H,1-6H2,(H,12,13). The number of hydrogen-bond donors (Lipinski definition) is 1. The Hall–Kier alpha value is -1.26. The van der Waals surface area contributed by atoms with Crippen LogP contribution in [0.25, 0.3) is 0 Å². The first-order chi connectivity index (χ1) is 7.20. The van der Waals surface area contributed by atoms with E-state index in [1.165, 1.54) is 0 Å². The van der Waals surface area contributed by atoms with E-state index < -0.39 is 11.9 Å². The molecule has 2 unspecified atom stereocenters. The number of carbonyl (C=O) groups excluding carboxylic acids is 1. The van der Waals surface area contributed by atoms with Gasteiger partial charge < -0.3 is 14.7 Å². The Labute approximate surface area is 88.0 Å². The van der Waals surface area contributed by atoms with Crippen LogP contribution in [-0.4, -0.2) is 41.3 Å². The molecule has 1 N–H and O–H groups in total. The van der Waals surface area contributed by atoms with Crippen LogP contribution in [0.15, 0.2) is 0 Å². The fourth-order valence-corrected chi connectivity index (χ4v) is 2.47. The van der Waals surface area contributed by atoms with Crippen LogP contribution >= 0.6 is 0 Å². The normalized spacial score (nSPS) is 31.5. The number of hydrogen-bond acceptors (Lipinski definition) is 3. The Morgan fingerprint density at radius 1 is 1.40 bits per heavy atom. The Morgan fingerprint density at radius 2 is 2.20 bits per heavy atom. The van der Waals surface area contributed by atoms with Crippen LogP contribution in [0.1, 0.15) is 25.7 Å². The summed E-state index contributed by atoms with van der Waals surface area (Å²) < 4.78 is 4.93. The quantitative estimate of drug-likeness (QED) is 0.745. The first-order valence-corrected chi connectivity index (χ1v) is 5.36. The molecule has 15 heavy (non-hydrogen) atoms. The van der Waals surface area contributed by atoms with E-state index in [1.807, 2.05) is 0 Å². The predicted octanol–water partition coefficient (Wildman–Crippen LogP) is 1.08. The van der Waals surface area contributed by atoms with Gasteiger partial charge in [0, 0.05) is 12.6 Å². The second-order valence-corrected chi connectivity index (χ2v) is 4.10. The van der Waals surface area contributed by atoms with Crippen molar-refractivity contribution in [2.24, 2.45) is 5.92 Å². The second-order valence-electron chi connectivity index (χ2n) is 4.10. The molecule has 0 radical (unpaired) electrons. The van der Waals surface area contributed by atoms with Gasteiger partial charge in [-0.15, -0.1) is 0 Å². The van der Waals surface area contributed by atoms with Gasteiger partial charge in [-0.1, -0.05) is 6.42 Å². The summed E-state index contributed by atoms with van der Waals surface area (Å²) in [7, 11) is 0. The number of rotatable bonds is 2. The molecule has 0 aromatic heterocycles. The minimum atomic E-state index is -0.795. The maximum absolute atomic E-state index is 11.5. The van der Waals surface area contributed by atoms with E-state index in [4.69, 9.17) is 9.84 Å². The van der Waals surface area contributed by atoms with E-state index in [9.17, 15) is 9.59 Å². The molecule has 2 rings (SSSR count). The largest absolute Gasteiger partial charge is 0.481 e. The van der Waals surface area contributed by atoms with Gasteiger partial charge in [0.1, 0.15) is 0 Å². The SMILES string of the molecule is O=C(O)C1CCCC1N1CCCOC1=O. The van der Waals surface area contributed by atoms with Gasteiger partial charge in [0.25, 0.3) is 0 Å². The summed E-state index contributed by atoms with van der Waals surface area (Å²) in [6.45, 7) is 1.09. The van der Waals surface area contributed by atoms with Crippen LogP contribution < -0.4 is 0 Å². The zero-order chi connectivity index (χ0) is 10.8. The first-order valence-electron chi connectivity index (χ1n) is 5.36. The molecule has 1 heterocycles. The molecule has 0 spiro atoms. The lowest BCUT2D eigenvalue weighted by atomic mass is 10.0. The molecule has 0 bridgehead atoms. The third-order valence-corrected chi connectivity index (χ3v) is 3.20. The predicted molar refractivity (Wildman–Crippen MR) is 51.4 cm³/mol. The van der Waals surface area contributed by atoms with Crippen molar-refractivity contribution in [1.82, 2.24) is 4.90 Å². The van der Waals surface area contributed by atoms with Crippen LogP contribution in [0.2, 0.25) is 0 Å². The molecular weight excluding hydrogens is 198 g/mol. The Kier molecular flexibility index (Phi) is 2.79. The molecule has 1 amide bonds. The van der Waals surface area contributed by atoms with E-state index in [2.05, 4.69) is 0 Å². The van der Waals surface area contributed by atoms with Crippen molar-refractivity contribution in [1.29, 1.82) is 0 Å². The van der Waals surface area contributed by atoms with E-state index in [0.29, 0.717) is 19.6 Å². The summed E-state index contributed by atoms with van der Waals surface area (Å²) in [5.74, 6) is -1.20. The zero-order valence-electron chi connectivity index (χ0n) is 8.52. The number of carboxylic acid groups (broad SMARTS) is 1. The molecule has 5 nitrogen and oxygen atoms in total. The number of aliphatic carboxylic acids is 1. The van der Waals surface area contributed by atoms with Crippen LogP contribution in [0, 0.1) is 5.92 Å². The van der Waals surface area contributed by atoms with Gasteiger partial charge in [-0.25, -0.2) is 4.79 Å². The summed E-state index contributed by atoms with van der Waals surface area (Å²) in [5.41, 5.74) is 0. The monoisotopic (exact) mass is 213 g/mol. The highest BCUT2D eigenvalue weighted by molar-refractivity contribution is 5.74. The molecule has 1 aliphatic heterocycles. The molecular formula is C10H15NO4. The van der Waals surface area contributed by atoms with Crippen LogP contribution in [0.4, 0.5) is 4.79 Å². The number of ether oxygens (including phenoxy) is 1. The number of carboxylic acids is 1. The highest BCUT2D eigenvalue weighted by Crippen LogP contribution is 2.31. The second kappa shape index (κ2) is 4.08. The molecule has 84 valence electrons. The summed E-state index contributed by atoms with van der Waals surface area (Å²) in [6, 6.07) is -0.157. The maximum atomic E-state index is 11.5. The van der Waals surface area contributed by atoms with E-state index in [0.717, 1.165) is 19.3 Å². The molecule has 1 saturated carbocycles. The first kappa shape index (κ1) is 10.3. The number of nitrogens with zero attached hydrogens (tertiary/aromatic N) is 1. The third-order valence-electron chi connectivity index (χ3n) is 3.20. The van der Waals surface area contributed by atoms with Crippen molar-refractivity contribution in [3.8, 4) is 0 Å². The average molecular weight is 213 g/mol. The lowest BCUT2D eigenvalue weighted by Gasteiger charge is -2.33. The van der Waals surface area contributed by atoms with Crippen molar-refractivity contribution in [3.63, 3.8) is 0 Å². The lowest BCUT2D eigenvalue weighted by Crippen LogP contribution is -2.47. The summed E-state index contributed by atoms with van der Waals surface area (Å²) >= 11 is 0. The van der Waals surface area contributed by atoms with Crippen molar-refractivity contribution in [2.75, 3.05) is 13.2 Å². The average Bonchev–Trinajstić information content (AvgIpc) is 2.67. The molecule has 1 aliphatic carbocycles. The molecule has 1 saturated heterocycles. The smallest absolute Gasteiger partial charge is 0.410 e. The Bertz CT molecular complexity index is 279. The topological polar surface area (TPSA) is 66.8 Å². The Morgan fingerprint density at radius 3 is 2.87 bits per heavy atom. The molecule has 2 aliphatic rings. The zero-order valence-corrected chi connectivity index (χ0v) is 8.52. The van der Waals surface area contributed by atoms with Gasteiger partial charge in [0.05, 0.1) is 12.5 Å². The third kappa shape index (κ3) is 1.91. The van der Waals surface area contributed by atoms with E-state index in [-0.39, 0.29) is 12.1 Å². The van der Waals surface area contributed by atoms with Crippen molar-refractivity contribution >= 4 is 12.1 Å². The van der Waals surface area contributed by atoms with Gasteiger partial charge in [0.2, 0.25) is 0 Å². The number of carbonyl (C=O) groups is 2. The van der Waals surface area contributed by atoms with Gasteiger partial charge >= 0.3 is 12.1 Å². The minimum Gasteiger partial charge on any atom is -0.481 e. The molecule has 2 fully saturated rings. The van der Waals surface area contributed by atoms with Gasteiger partial charge in [-0.05, 0) is 19.3 Å². The van der Waals surface area contributed by atoms with Crippen LogP contribution in [0.3, 0.4) is 0 Å². The van der Waals surface area contributed by atoms with Gasteiger partial charge in [-0.3, -0.25) is 4.79 Å². The van der Waals surface area contributed by atoms with Crippen LogP contribution in [0.5, 0.6) is 0 Å². The fourth-order valence-electron chi connectivity index (χ4n) is 2.47. The van der Waals surface area contributed by atoms with E-state index in [1.54, 1.807) is 4.90 Å². The fraction of sp³-hybridized carbons (Fsp3) is 0.800. The lowest BCUT2D eigenvalue weighted by molar-refractivity contribution is -0.143. The molecule has 0 aromatic carbocycles. The van der Waals surface area contributed by atoms with Crippen molar-refractivity contribution in [3.05, 3.63) is 0 Å². The summed E-state index contributed by atoms with van der Waals surface area (Å²) in [6.07, 6.45) is 2.79. The maximum Gasteiger partial charge on any atom is 0.410 e. The molecule has 5 heteroatoms. The molecule has 2 atom stereocenters. The summed E-state index contributed by atoms with van der Waals surface area (Å²) in [5, 5.41) is 9.02. The van der Waals surface area contributed by atoms with Crippen LogP contribution in [-0.2, 0) is 9.53 Å². The number of cyclic esters (lactones) is 1. The van der Waals surface area contributed by atoms with Gasteiger partial charge in [-0.2, -0.15) is 0 Å². The number of amides is 1. The molecule has 0 aromatic rings. The van der Waals surface area contributed by atoms with E-state index >= 15 is 0 Å². The van der Waals surface area contributed by atoms with Crippen molar-refractivity contribution in [2.45, 2.75) is 31.7 Å². The van der Waals surface area contributed by atoms with Gasteiger partial charge in [0.15, 0.2) is 0 Å². The summed E-state index contributed by atoms with van der Waals surface area (Å²) in [4.78, 5) is 24.0. The highest BCUT2D eigenvalue weighted by atomic mass is 16.6.